The van der Waals surface area contributed by atoms with Gasteiger partial charge in [-0.15, -0.1) is 0 Å². The molecular weight excluding hydrogens is 793 g/mol. The summed E-state index contributed by atoms with van der Waals surface area (Å²) in [5.74, 6) is -0.865. The lowest BCUT2D eigenvalue weighted by molar-refractivity contribution is -0.167. The molecule has 0 heterocycles. The van der Waals surface area contributed by atoms with E-state index in [2.05, 4.69) is 45.1 Å². The van der Waals surface area contributed by atoms with Gasteiger partial charge in [0.15, 0.2) is 6.10 Å². The largest absolute Gasteiger partial charge is 0.462 e. The van der Waals surface area contributed by atoms with E-state index in [1.54, 1.807) is 0 Å². The SMILES string of the molecule is CCCCC/C=C\CCCCCCCC(=O)OCC(COC(=O)CCCCCCCCCCC/C=C\CCCCCCCCCC)OC(=O)CCCCCCCCCCCCCCC. The molecule has 0 aromatic heterocycles. The maximum atomic E-state index is 12.8. The molecule has 0 rings (SSSR count). The minimum absolute atomic E-state index is 0.0709. The predicted octanol–water partition coefficient (Wildman–Crippen LogP) is 18.7. The Morgan fingerprint density at radius 3 is 0.812 bits per heavy atom. The summed E-state index contributed by atoms with van der Waals surface area (Å²) in [4.78, 5) is 38.0. The van der Waals surface area contributed by atoms with Crippen molar-refractivity contribution in [1.29, 1.82) is 0 Å². The molecular formula is C58H108O6. The van der Waals surface area contributed by atoms with Gasteiger partial charge < -0.3 is 14.2 Å². The molecule has 0 aromatic carbocycles. The molecule has 376 valence electrons. The number of unbranched alkanes of at least 4 members (excludes halogenated alkanes) is 37. The van der Waals surface area contributed by atoms with Gasteiger partial charge in [0.2, 0.25) is 0 Å². The summed E-state index contributed by atoms with van der Waals surface area (Å²) in [5, 5.41) is 0. The number of ether oxygens (including phenoxy) is 3. The molecule has 0 aliphatic rings. The van der Waals surface area contributed by atoms with Crippen molar-refractivity contribution in [3.63, 3.8) is 0 Å². The van der Waals surface area contributed by atoms with Gasteiger partial charge in [-0.1, -0.05) is 244 Å². The zero-order valence-corrected chi connectivity index (χ0v) is 43.1. The Hall–Kier alpha value is -2.11. The van der Waals surface area contributed by atoms with Crippen LogP contribution in [0.25, 0.3) is 0 Å². The van der Waals surface area contributed by atoms with Crippen LogP contribution in [0, 0.1) is 0 Å². The predicted molar refractivity (Wildman–Crippen MR) is 275 cm³/mol. The van der Waals surface area contributed by atoms with Gasteiger partial charge in [0.25, 0.3) is 0 Å². The number of hydrogen-bond donors (Lipinski definition) is 0. The summed E-state index contributed by atoms with van der Waals surface area (Å²) in [6.07, 6.45) is 61.7. The van der Waals surface area contributed by atoms with Crippen LogP contribution in [0.5, 0.6) is 0 Å². The summed E-state index contributed by atoms with van der Waals surface area (Å²) in [7, 11) is 0. The summed E-state index contributed by atoms with van der Waals surface area (Å²) >= 11 is 0. The first-order valence-corrected chi connectivity index (χ1v) is 28.3. The highest BCUT2D eigenvalue weighted by Gasteiger charge is 2.19. The lowest BCUT2D eigenvalue weighted by Gasteiger charge is -2.18. The number of allylic oxidation sites excluding steroid dienone is 4. The Bertz CT molecular complexity index is 1040. The van der Waals surface area contributed by atoms with Crippen molar-refractivity contribution >= 4 is 17.9 Å². The minimum atomic E-state index is -0.770. The zero-order chi connectivity index (χ0) is 46.5. The zero-order valence-electron chi connectivity index (χ0n) is 43.1. The lowest BCUT2D eigenvalue weighted by Crippen LogP contribution is -2.30. The number of carbonyl (C=O) groups excluding carboxylic acids is 3. The monoisotopic (exact) mass is 901 g/mol. The standard InChI is InChI=1S/C58H108O6/c1-4-7-10-13-16-19-22-25-26-27-28-29-30-31-32-34-36-39-42-45-48-51-57(60)63-54-55(53-62-56(59)50-47-44-41-38-35-24-21-18-15-12-9-6-3)64-58(61)52-49-46-43-40-37-33-23-20-17-14-11-8-5-2/h18,21,27-28,55H,4-17,19-20,22-26,29-54H2,1-3H3/b21-18-,28-27-. The first kappa shape index (κ1) is 61.9. The van der Waals surface area contributed by atoms with E-state index in [1.807, 2.05) is 0 Å². The highest BCUT2D eigenvalue weighted by atomic mass is 16.6. The van der Waals surface area contributed by atoms with Crippen LogP contribution in [0.3, 0.4) is 0 Å². The van der Waals surface area contributed by atoms with Crippen molar-refractivity contribution in [1.82, 2.24) is 0 Å². The molecule has 0 N–H and O–H groups in total. The van der Waals surface area contributed by atoms with Crippen LogP contribution >= 0.6 is 0 Å². The molecule has 0 saturated carbocycles. The van der Waals surface area contributed by atoms with E-state index in [9.17, 15) is 14.4 Å². The molecule has 1 unspecified atom stereocenters. The van der Waals surface area contributed by atoms with Crippen molar-refractivity contribution in [2.45, 2.75) is 316 Å². The van der Waals surface area contributed by atoms with Crippen molar-refractivity contribution in [2.75, 3.05) is 13.2 Å². The van der Waals surface area contributed by atoms with Crippen molar-refractivity contribution in [3.05, 3.63) is 24.3 Å². The molecule has 0 fully saturated rings. The maximum absolute atomic E-state index is 12.8. The number of esters is 3. The quantitative estimate of drug-likeness (QED) is 0.0262. The molecule has 1 atom stereocenters. The van der Waals surface area contributed by atoms with E-state index in [4.69, 9.17) is 14.2 Å². The van der Waals surface area contributed by atoms with E-state index in [1.165, 1.54) is 205 Å². The van der Waals surface area contributed by atoms with Gasteiger partial charge in [0.1, 0.15) is 13.2 Å². The smallest absolute Gasteiger partial charge is 0.306 e. The third-order valence-corrected chi connectivity index (χ3v) is 12.7. The van der Waals surface area contributed by atoms with E-state index in [0.29, 0.717) is 19.3 Å². The van der Waals surface area contributed by atoms with Crippen LogP contribution in [-0.4, -0.2) is 37.2 Å². The van der Waals surface area contributed by atoms with Crippen molar-refractivity contribution < 1.29 is 28.6 Å². The molecule has 0 spiro atoms. The highest BCUT2D eigenvalue weighted by molar-refractivity contribution is 5.71. The van der Waals surface area contributed by atoms with Crippen LogP contribution in [0.15, 0.2) is 24.3 Å². The van der Waals surface area contributed by atoms with E-state index < -0.39 is 6.10 Å². The molecule has 0 amide bonds. The van der Waals surface area contributed by atoms with Gasteiger partial charge in [-0.05, 0) is 70.6 Å². The first-order valence-electron chi connectivity index (χ1n) is 28.3. The average molecular weight is 901 g/mol. The van der Waals surface area contributed by atoms with Gasteiger partial charge in [0.05, 0.1) is 0 Å². The summed E-state index contributed by atoms with van der Waals surface area (Å²) in [5.41, 5.74) is 0. The number of carbonyl (C=O) groups is 3. The lowest BCUT2D eigenvalue weighted by atomic mass is 10.0. The third-order valence-electron chi connectivity index (χ3n) is 12.7. The fourth-order valence-electron chi connectivity index (χ4n) is 8.37. The van der Waals surface area contributed by atoms with Gasteiger partial charge in [-0.3, -0.25) is 14.4 Å². The fraction of sp³-hybridized carbons (Fsp3) is 0.879. The van der Waals surface area contributed by atoms with E-state index in [-0.39, 0.29) is 31.1 Å². The molecule has 0 bridgehead atoms. The topological polar surface area (TPSA) is 78.9 Å². The molecule has 6 nitrogen and oxygen atoms in total. The second kappa shape index (κ2) is 53.5. The van der Waals surface area contributed by atoms with Crippen molar-refractivity contribution in [3.8, 4) is 0 Å². The van der Waals surface area contributed by atoms with Gasteiger partial charge in [0, 0.05) is 19.3 Å². The molecule has 0 aliphatic heterocycles. The second-order valence-electron chi connectivity index (χ2n) is 19.2. The van der Waals surface area contributed by atoms with Gasteiger partial charge in [-0.25, -0.2) is 0 Å². The Morgan fingerprint density at radius 1 is 0.297 bits per heavy atom. The molecule has 0 aromatic rings. The summed E-state index contributed by atoms with van der Waals surface area (Å²) in [6.45, 7) is 6.64. The minimum Gasteiger partial charge on any atom is -0.462 e. The normalized spacial score (nSPS) is 12.1. The first-order chi connectivity index (χ1) is 31.5. The summed E-state index contributed by atoms with van der Waals surface area (Å²) in [6, 6.07) is 0. The van der Waals surface area contributed by atoms with Gasteiger partial charge >= 0.3 is 17.9 Å². The average Bonchev–Trinajstić information content (AvgIpc) is 3.29. The van der Waals surface area contributed by atoms with E-state index >= 15 is 0 Å². The van der Waals surface area contributed by atoms with Crippen LogP contribution in [0.2, 0.25) is 0 Å². The van der Waals surface area contributed by atoms with Crippen LogP contribution in [0.1, 0.15) is 310 Å². The van der Waals surface area contributed by atoms with Crippen molar-refractivity contribution in [2.24, 2.45) is 0 Å². The fourth-order valence-corrected chi connectivity index (χ4v) is 8.37. The molecule has 6 heteroatoms. The third kappa shape index (κ3) is 50.9. The number of hydrogen-bond acceptors (Lipinski definition) is 6. The maximum Gasteiger partial charge on any atom is 0.306 e. The second-order valence-corrected chi connectivity index (χ2v) is 19.2. The number of rotatable bonds is 52. The molecule has 0 radical (unpaired) electrons. The van der Waals surface area contributed by atoms with E-state index in [0.717, 1.165) is 64.2 Å². The Morgan fingerprint density at radius 2 is 0.516 bits per heavy atom. The Balaban J connectivity index is 4.26. The summed E-state index contributed by atoms with van der Waals surface area (Å²) < 4.78 is 16.8. The molecule has 64 heavy (non-hydrogen) atoms. The Kier molecular flexibility index (Phi) is 51.7. The molecule has 0 saturated heterocycles. The molecule has 0 aliphatic carbocycles. The Labute approximate surface area is 398 Å². The van der Waals surface area contributed by atoms with Gasteiger partial charge in [-0.2, -0.15) is 0 Å². The van der Waals surface area contributed by atoms with Crippen LogP contribution in [0.4, 0.5) is 0 Å². The van der Waals surface area contributed by atoms with Crippen LogP contribution < -0.4 is 0 Å². The highest BCUT2D eigenvalue weighted by Crippen LogP contribution is 2.16. The van der Waals surface area contributed by atoms with Crippen LogP contribution in [-0.2, 0) is 28.6 Å².